The summed E-state index contributed by atoms with van der Waals surface area (Å²) in [5.41, 5.74) is 0.749. The molecule has 0 bridgehead atoms. The van der Waals surface area contributed by atoms with E-state index in [0.29, 0.717) is 12.0 Å². The van der Waals surface area contributed by atoms with E-state index in [1.165, 1.54) is 6.42 Å². The van der Waals surface area contributed by atoms with Crippen molar-refractivity contribution in [2.75, 3.05) is 32.0 Å². The monoisotopic (exact) mass is 317 g/mol. The van der Waals surface area contributed by atoms with E-state index >= 15 is 0 Å². The van der Waals surface area contributed by atoms with Crippen molar-refractivity contribution in [3.8, 4) is 5.75 Å². The summed E-state index contributed by atoms with van der Waals surface area (Å²) in [5.74, 6) is 1.38. The second kappa shape index (κ2) is 6.79. The summed E-state index contributed by atoms with van der Waals surface area (Å²) in [5, 5.41) is 3.05. The normalized spacial score (nSPS) is 24.6. The van der Waals surface area contributed by atoms with Crippen LogP contribution in [0.2, 0.25) is 0 Å². The lowest BCUT2D eigenvalue weighted by Crippen LogP contribution is -2.49. The predicted molar refractivity (Wildman–Crippen MR) is 91.9 cm³/mol. The standard InChI is InChI=1S/C18H27N3O2/c1-13(2)23-17-7-5-4-6-15(17)19-18(22)21-11-9-14-8-10-20(3)12-16(14)21/h4-7,13-14,16H,8-12H2,1-3H3,(H,19,22)/t14-,16-/m0/s1. The van der Waals surface area contributed by atoms with Gasteiger partial charge in [-0.15, -0.1) is 0 Å². The van der Waals surface area contributed by atoms with E-state index in [1.54, 1.807) is 0 Å². The van der Waals surface area contributed by atoms with E-state index < -0.39 is 0 Å². The number of nitrogens with one attached hydrogen (secondary N) is 1. The molecule has 2 atom stereocenters. The molecule has 0 spiro atoms. The first-order valence-electron chi connectivity index (χ1n) is 8.56. The van der Waals surface area contributed by atoms with Crippen molar-refractivity contribution in [2.45, 2.75) is 38.8 Å². The SMILES string of the molecule is CC(C)Oc1ccccc1NC(=O)N1CC[C@@H]2CCN(C)C[C@@H]21. The van der Waals surface area contributed by atoms with Crippen molar-refractivity contribution in [3.05, 3.63) is 24.3 Å². The first-order chi connectivity index (χ1) is 11.0. The number of urea groups is 1. The Morgan fingerprint density at radius 1 is 1.26 bits per heavy atom. The number of fused-ring (bicyclic) bond motifs is 1. The molecule has 2 fully saturated rings. The van der Waals surface area contributed by atoms with Crippen LogP contribution in [0, 0.1) is 5.92 Å². The zero-order valence-corrected chi connectivity index (χ0v) is 14.3. The van der Waals surface area contributed by atoms with Gasteiger partial charge in [-0.25, -0.2) is 4.79 Å². The van der Waals surface area contributed by atoms with Crippen LogP contribution in [0.1, 0.15) is 26.7 Å². The second-order valence-electron chi connectivity index (χ2n) is 6.95. The number of piperidine rings is 1. The number of benzene rings is 1. The molecule has 1 N–H and O–H groups in total. The van der Waals surface area contributed by atoms with Gasteiger partial charge in [0.1, 0.15) is 5.75 Å². The molecule has 0 unspecified atom stereocenters. The number of likely N-dealkylation sites (tertiary alicyclic amines) is 2. The van der Waals surface area contributed by atoms with Crippen LogP contribution < -0.4 is 10.1 Å². The highest BCUT2D eigenvalue weighted by atomic mass is 16.5. The molecule has 2 heterocycles. The molecule has 2 saturated heterocycles. The molecule has 2 aliphatic rings. The van der Waals surface area contributed by atoms with Crippen LogP contribution >= 0.6 is 0 Å². The molecule has 0 aliphatic carbocycles. The van der Waals surface area contributed by atoms with Crippen LogP contribution in [-0.4, -0.2) is 54.7 Å². The highest BCUT2D eigenvalue weighted by molar-refractivity contribution is 5.91. The Morgan fingerprint density at radius 3 is 2.78 bits per heavy atom. The number of anilines is 1. The fraction of sp³-hybridized carbons (Fsp3) is 0.611. The van der Waals surface area contributed by atoms with Gasteiger partial charge >= 0.3 is 6.03 Å². The first kappa shape index (κ1) is 16.1. The molecule has 23 heavy (non-hydrogen) atoms. The lowest BCUT2D eigenvalue weighted by molar-refractivity contribution is 0.137. The van der Waals surface area contributed by atoms with Crippen LogP contribution in [-0.2, 0) is 0 Å². The highest BCUT2D eigenvalue weighted by Crippen LogP contribution is 2.32. The molecule has 0 aromatic heterocycles. The smallest absolute Gasteiger partial charge is 0.322 e. The molecular weight excluding hydrogens is 290 g/mol. The third-order valence-electron chi connectivity index (χ3n) is 4.82. The number of carbonyl (C=O) groups excluding carboxylic acids is 1. The van der Waals surface area contributed by atoms with Crippen LogP contribution in [0.15, 0.2) is 24.3 Å². The van der Waals surface area contributed by atoms with Gasteiger partial charge in [0.05, 0.1) is 11.8 Å². The molecule has 1 aromatic carbocycles. The average molecular weight is 317 g/mol. The van der Waals surface area contributed by atoms with Crippen LogP contribution in [0.3, 0.4) is 0 Å². The minimum atomic E-state index is -0.00685. The van der Waals surface area contributed by atoms with Gasteiger partial charge in [-0.1, -0.05) is 12.1 Å². The second-order valence-corrected chi connectivity index (χ2v) is 6.95. The molecule has 2 amide bonds. The number of amides is 2. The lowest BCUT2D eigenvalue weighted by Gasteiger charge is -2.36. The minimum absolute atomic E-state index is 0.00685. The summed E-state index contributed by atoms with van der Waals surface area (Å²) < 4.78 is 5.79. The van der Waals surface area contributed by atoms with E-state index in [1.807, 2.05) is 43.0 Å². The fourth-order valence-corrected chi connectivity index (χ4v) is 3.66. The highest BCUT2D eigenvalue weighted by Gasteiger charge is 2.39. The summed E-state index contributed by atoms with van der Waals surface area (Å²) in [6.45, 7) is 6.94. The quantitative estimate of drug-likeness (QED) is 0.932. The van der Waals surface area contributed by atoms with Gasteiger partial charge in [0.15, 0.2) is 0 Å². The maximum Gasteiger partial charge on any atom is 0.322 e. The van der Waals surface area contributed by atoms with Crippen LogP contribution in [0.5, 0.6) is 5.75 Å². The Morgan fingerprint density at radius 2 is 2.00 bits per heavy atom. The van der Waals surface area contributed by atoms with Gasteiger partial charge in [0, 0.05) is 19.1 Å². The van der Waals surface area contributed by atoms with Crippen molar-refractivity contribution in [1.29, 1.82) is 0 Å². The van der Waals surface area contributed by atoms with Crippen LogP contribution in [0.25, 0.3) is 0 Å². The molecule has 0 radical (unpaired) electrons. The third-order valence-corrected chi connectivity index (χ3v) is 4.82. The Kier molecular flexibility index (Phi) is 4.76. The lowest BCUT2D eigenvalue weighted by atomic mass is 9.92. The Hall–Kier alpha value is -1.75. The summed E-state index contributed by atoms with van der Waals surface area (Å²) >= 11 is 0. The van der Waals surface area contributed by atoms with Gasteiger partial charge < -0.3 is 19.9 Å². The zero-order valence-electron chi connectivity index (χ0n) is 14.3. The predicted octanol–water partition coefficient (Wildman–Crippen LogP) is 3.03. The molecule has 2 aliphatic heterocycles. The Balaban J connectivity index is 1.70. The zero-order chi connectivity index (χ0) is 16.4. The molecular formula is C18H27N3O2. The Bertz CT molecular complexity index is 561. The van der Waals surface area contributed by atoms with Crippen LogP contribution in [0.4, 0.5) is 10.5 Å². The number of para-hydroxylation sites is 2. The van der Waals surface area contributed by atoms with Gasteiger partial charge in [-0.05, 0) is 58.3 Å². The number of ether oxygens (including phenoxy) is 1. The average Bonchev–Trinajstić information content (AvgIpc) is 2.91. The number of rotatable bonds is 3. The summed E-state index contributed by atoms with van der Waals surface area (Å²) in [4.78, 5) is 17.1. The van der Waals surface area contributed by atoms with Gasteiger partial charge in [-0.3, -0.25) is 0 Å². The molecule has 1 aromatic rings. The number of likely N-dealkylation sites (N-methyl/N-ethyl adjacent to an activating group) is 1. The number of carbonyl (C=O) groups is 1. The first-order valence-corrected chi connectivity index (χ1v) is 8.56. The number of hydrogen-bond donors (Lipinski definition) is 1. The Labute approximate surface area is 138 Å². The van der Waals surface area contributed by atoms with E-state index in [2.05, 4.69) is 17.3 Å². The molecule has 3 rings (SSSR count). The van der Waals surface area contributed by atoms with Crippen molar-refractivity contribution in [1.82, 2.24) is 9.80 Å². The van der Waals surface area contributed by atoms with Crippen molar-refractivity contribution in [2.24, 2.45) is 5.92 Å². The maximum absolute atomic E-state index is 12.8. The van der Waals surface area contributed by atoms with Crippen molar-refractivity contribution < 1.29 is 9.53 Å². The van der Waals surface area contributed by atoms with Gasteiger partial charge in [-0.2, -0.15) is 0 Å². The fourth-order valence-electron chi connectivity index (χ4n) is 3.66. The molecule has 126 valence electrons. The van der Waals surface area contributed by atoms with E-state index in [9.17, 15) is 4.79 Å². The summed E-state index contributed by atoms with van der Waals surface area (Å²) in [6, 6.07) is 7.98. The summed E-state index contributed by atoms with van der Waals surface area (Å²) in [7, 11) is 2.14. The van der Waals surface area contributed by atoms with E-state index in [0.717, 1.165) is 37.5 Å². The molecule has 0 saturated carbocycles. The van der Waals surface area contributed by atoms with Crippen molar-refractivity contribution >= 4 is 11.7 Å². The van der Waals surface area contributed by atoms with Gasteiger partial charge in [0.25, 0.3) is 0 Å². The van der Waals surface area contributed by atoms with Crippen molar-refractivity contribution in [3.63, 3.8) is 0 Å². The third kappa shape index (κ3) is 3.61. The maximum atomic E-state index is 12.8. The number of nitrogens with zero attached hydrogens (tertiary/aromatic N) is 2. The topological polar surface area (TPSA) is 44.8 Å². The largest absolute Gasteiger partial charge is 0.489 e. The summed E-state index contributed by atoms with van der Waals surface area (Å²) in [6.07, 6.45) is 2.39. The molecule has 5 heteroatoms. The minimum Gasteiger partial charge on any atom is -0.489 e. The van der Waals surface area contributed by atoms with E-state index in [4.69, 9.17) is 4.74 Å². The number of hydrogen-bond acceptors (Lipinski definition) is 3. The van der Waals surface area contributed by atoms with Gasteiger partial charge in [0.2, 0.25) is 0 Å². The van der Waals surface area contributed by atoms with E-state index in [-0.39, 0.29) is 12.1 Å². The molecule has 5 nitrogen and oxygen atoms in total.